The molecular formula is C12H16N4O4S. The zero-order chi connectivity index (χ0) is 14.9. The summed E-state index contributed by atoms with van der Waals surface area (Å²) in [6.07, 6.45) is 7.02. The van der Waals surface area contributed by atoms with Crippen molar-refractivity contribution >= 4 is 21.3 Å². The fraction of sp³-hybridized carbons (Fsp3) is 0.583. The van der Waals surface area contributed by atoms with E-state index in [-0.39, 0.29) is 12.8 Å². The number of imidazole rings is 1. The first kappa shape index (κ1) is 14.4. The molecule has 1 unspecified atom stereocenters. The first-order valence-electron chi connectivity index (χ1n) is 6.67. The Morgan fingerprint density at radius 1 is 1.38 bits per heavy atom. The Morgan fingerprint density at radius 3 is 2.95 bits per heavy atom. The third-order valence-corrected chi connectivity index (χ3v) is 3.86. The van der Waals surface area contributed by atoms with Crippen LogP contribution in [0.4, 0.5) is 0 Å². The van der Waals surface area contributed by atoms with Gasteiger partial charge in [0.05, 0.1) is 18.3 Å². The summed E-state index contributed by atoms with van der Waals surface area (Å²) in [5.74, 6) is 0. The van der Waals surface area contributed by atoms with E-state index < -0.39 is 10.1 Å². The number of aromatic nitrogens is 4. The summed E-state index contributed by atoms with van der Waals surface area (Å²) in [6.45, 7) is 0.569. The van der Waals surface area contributed by atoms with Gasteiger partial charge in [-0.3, -0.25) is 8.75 Å². The second-order valence-corrected chi connectivity index (χ2v) is 6.58. The van der Waals surface area contributed by atoms with E-state index in [1.165, 1.54) is 6.33 Å². The second kappa shape index (κ2) is 5.66. The van der Waals surface area contributed by atoms with Gasteiger partial charge in [-0.2, -0.15) is 8.42 Å². The van der Waals surface area contributed by atoms with Gasteiger partial charge in [-0.25, -0.2) is 15.0 Å². The molecule has 8 nitrogen and oxygen atoms in total. The molecule has 0 N–H and O–H groups in total. The molecule has 0 saturated carbocycles. The minimum atomic E-state index is -3.52. The fourth-order valence-electron chi connectivity index (χ4n) is 2.32. The summed E-state index contributed by atoms with van der Waals surface area (Å²) >= 11 is 0. The van der Waals surface area contributed by atoms with Crippen LogP contribution in [0.2, 0.25) is 0 Å². The average molecular weight is 312 g/mol. The average Bonchev–Trinajstić information content (AvgIpc) is 2.89. The first-order chi connectivity index (χ1) is 10.0. The lowest BCUT2D eigenvalue weighted by molar-refractivity contribution is -0.0298. The van der Waals surface area contributed by atoms with Gasteiger partial charge in [-0.15, -0.1) is 0 Å². The number of nitrogens with zero attached hydrogens (tertiary/aromatic N) is 4. The van der Waals surface area contributed by atoms with E-state index >= 15 is 0 Å². The third-order valence-electron chi connectivity index (χ3n) is 3.31. The number of hydrogen-bond donors (Lipinski definition) is 0. The van der Waals surface area contributed by atoms with Crippen LogP contribution >= 0.6 is 0 Å². The van der Waals surface area contributed by atoms with Crippen molar-refractivity contribution in [2.75, 3.05) is 12.9 Å². The summed E-state index contributed by atoms with van der Waals surface area (Å²) in [5.41, 5.74) is 1.61. The van der Waals surface area contributed by atoms with Gasteiger partial charge in [0.1, 0.15) is 24.7 Å². The molecule has 1 aliphatic heterocycles. The van der Waals surface area contributed by atoms with Gasteiger partial charge < -0.3 is 4.74 Å². The minimum absolute atomic E-state index is 0.0812. The maximum atomic E-state index is 11.1. The van der Waals surface area contributed by atoms with Gasteiger partial charge in [-0.05, 0) is 19.3 Å². The molecule has 1 aliphatic rings. The Hall–Kier alpha value is -1.58. The smallest absolute Gasteiger partial charge is 0.264 e. The van der Waals surface area contributed by atoms with Crippen LogP contribution in [0.15, 0.2) is 12.7 Å². The lowest BCUT2D eigenvalue weighted by Gasteiger charge is -2.23. The molecule has 1 atom stereocenters. The monoisotopic (exact) mass is 312 g/mol. The van der Waals surface area contributed by atoms with E-state index in [4.69, 9.17) is 8.92 Å². The lowest BCUT2D eigenvalue weighted by atomic mass is 10.2. The highest BCUT2D eigenvalue weighted by Gasteiger charge is 2.20. The van der Waals surface area contributed by atoms with E-state index in [1.807, 2.05) is 4.57 Å². The van der Waals surface area contributed by atoms with Crippen molar-refractivity contribution in [1.29, 1.82) is 0 Å². The molecule has 0 bridgehead atoms. The second-order valence-electron chi connectivity index (χ2n) is 4.93. The summed E-state index contributed by atoms with van der Waals surface area (Å²) in [4.78, 5) is 12.6. The van der Waals surface area contributed by atoms with Crippen molar-refractivity contribution in [1.82, 2.24) is 19.5 Å². The Balaban J connectivity index is 1.92. The number of hydrogen-bond acceptors (Lipinski definition) is 7. The number of ether oxygens (including phenoxy) is 1. The van der Waals surface area contributed by atoms with Crippen LogP contribution in [0.25, 0.3) is 11.2 Å². The van der Waals surface area contributed by atoms with Gasteiger partial charge in [-0.1, -0.05) is 0 Å². The van der Waals surface area contributed by atoms with Crippen LogP contribution in [0, 0.1) is 0 Å². The van der Waals surface area contributed by atoms with Crippen molar-refractivity contribution < 1.29 is 17.3 Å². The van der Waals surface area contributed by atoms with E-state index in [2.05, 4.69) is 15.0 Å². The first-order valence-corrected chi connectivity index (χ1v) is 8.49. The Morgan fingerprint density at radius 2 is 2.24 bits per heavy atom. The Kier molecular flexibility index (Phi) is 3.87. The molecule has 0 radical (unpaired) electrons. The van der Waals surface area contributed by atoms with Gasteiger partial charge in [0.15, 0.2) is 5.65 Å². The van der Waals surface area contributed by atoms with Crippen LogP contribution in [-0.4, -0.2) is 40.8 Å². The van der Waals surface area contributed by atoms with Crippen LogP contribution in [0.5, 0.6) is 0 Å². The summed E-state index contributed by atoms with van der Waals surface area (Å²) < 4.78 is 34.5. The molecule has 3 heterocycles. The molecule has 0 aliphatic carbocycles. The third kappa shape index (κ3) is 3.20. The van der Waals surface area contributed by atoms with E-state index in [9.17, 15) is 8.42 Å². The van der Waals surface area contributed by atoms with Crippen LogP contribution in [0.3, 0.4) is 0 Å². The summed E-state index contributed by atoms with van der Waals surface area (Å²) in [5, 5.41) is 0. The van der Waals surface area contributed by atoms with Crippen molar-refractivity contribution in [3.05, 3.63) is 18.3 Å². The van der Waals surface area contributed by atoms with Gasteiger partial charge in [0, 0.05) is 6.61 Å². The van der Waals surface area contributed by atoms with Crippen LogP contribution in [0.1, 0.15) is 31.2 Å². The summed E-state index contributed by atoms with van der Waals surface area (Å²) in [6, 6.07) is 0. The fourth-order valence-corrected chi connectivity index (χ4v) is 2.65. The highest BCUT2D eigenvalue weighted by atomic mass is 32.2. The van der Waals surface area contributed by atoms with Crippen molar-refractivity contribution in [3.63, 3.8) is 0 Å². The normalized spacial score (nSPS) is 20.0. The molecule has 114 valence electrons. The molecule has 0 amide bonds. The number of fused-ring (bicyclic) bond motifs is 1. The van der Waals surface area contributed by atoms with E-state index in [0.29, 0.717) is 16.9 Å². The molecule has 9 heteroatoms. The topological polar surface area (TPSA) is 96.2 Å². The molecule has 0 spiro atoms. The quantitative estimate of drug-likeness (QED) is 0.777. The lowest BCUT2D eigenvalue weighted by Crippen LogP contribution is -2.17. The van der Waals surface area contributed by atoms with Crippen molar-refractivity contribution in [2.45, 2.75) is 32.1 Å². The molecule has 2 aromatic rings. The standard InChI is InChI=1S/C12H16N4O4S/c1-21(17,18)20-6-9-11-12(14-7-13-9)16(8-15-11)10-4-2-3-5-19-10/h7-8,10H,2-6H2,1H3. The maximum Gasteiger partial charge on any atom is 0.264 e. The molecule has 2 aromatic heterocycles. The zero-order valence-electron chi connectivity index (χ0n) is 11.6. The zero-order valence-corrected chi connectivity index (χ0v) is 12.4. The predicted octanol–water partition coefficient (Wildman–Crippen LogP) is 1.00. The molecule has 0 aromatic carbocycles. The van der Waals surface area contributed by atoms with E-state index in [1.54, 1.807) is 6.33 Å². The predicted molar refractivity (Wildman–Crippen MR) is 73.8 cm³/mol. The molecule has 1 fully saturated rings. The summed E-state index contributed by atoms with van der Waals surface area (Å²) in [7, 11) is -3.52. The van der Waals surface area contributed by atoms with Crippen molar-refractivity contribution in [2.24, 2.45) is 0 Å². The van der Waals surface area contributed by atoms with Gasteiger partial charge in [0.25, 0.3) is 10.1 Å². The van der Waals surface area contributed by atoms with Crippen LogP contribution in [-0.2, 0) is 25.6 Å². The maximum absolute atomic E-state index is 11.1. The molecule has 21 heavy (non-hydrogen) atoms. The Bertz CT molecular complexity index is 737. The largest absolute Gasteiger partial charge is 0.358 e. The minimum Gasteiger partial charge on any atom is -0.358 e. The Labute approximate surface area is 122 Å². The van der Waals surface area contributed by atoms with Crippen LogP contribution < -0.4 is 0 Å². The van der Waals surface area contributed by atoms with Gasteiger partial charge in [0.2, 0.25) is 0 Å². The highest BCUT2D eigenvalue weighted by molar-refractivity contribution is 7.85. The molecule has 3 rings (SSSR count). The molecular weight excluding hydrogens is 296 g/mol. The SMILES string of the molecule is CS(=O)(=O)OCc1ncnc2c1ncn2C1CCCCO1. The van der Waals surface area contributed by atoms with Gasteiger partial charge >= 0.3 is 0 Å². The van der Waals surface area contributed by atoms with E-state index in [0.717, 1.165) is 32.1 Å². The molecule has 1 saturated heterocycles. The van der Waals surface area contributed by atoms with Crippen molar-refractivity contribution in [3.8, 4) is 0 Å². The highest BCUT2D eigenvalue weighted by Crippen LogP contribution is 2.26. The number of rotatable bonds is 4.